The van der Waals surface area contributed by atoms with Gasteiger partial charge in [-0.05, 0) is 77.3 Å². The molecular weight excluding hydrogens is 448 g/mol. The quantitative estimate of drug-likeness (QED) is 0.473. The number of nitrogen functional groups attached to an aromatic ring is 1. The maximum Gasteiger partial charge on any atom is 0.291 e. The van der Waals surface area contributed by atoms with Crippen molar-refractivity contribution in [3.63, 3.8) is 0 Å². The molecule has 1 amide bonds. The number of halogens is 2. The minimum absolute atomic E-state index is 0.249. The molecule has 4 nitrogen and oxygen atoms in total. The Morgan fingerprint density at radius 1 is 1.00 bits per heavy atom. The smallest absolute Gasteiger partial charge is 0.291 e. The normalized spacial score (nSPS) is 10.7. The highest BCUT2D eigenvalue weighted by Gasteiger charge is 2.15. The van der Waals surface area contributed by atoms with E-state index >= 15 is 0 Å². The largest absolute Gasteiger partial charge is 0.451 e. The van der Waals surface area contributed by atoms with Gasteiger partial charge in [0.15, 0.2) is 5.76 Å². The van der Waals surface area contributed by atoms with Crippen LogP contribution in [0.1, 0.15) is 21.7 Å². The fourth-order valence-corrected chi connectivity index (χ4v) is 3.44. The van der Waals surface area contributed by atoms with Crippen molar-refractivity contribution in [1.82, 2.24) is 0 Å². The lowest BCUT2D eigenvalue weighted by Crippen LogP contribution is -2.12. The van der Waals surface area contributed by atoms with Crippen molar-refractivity contribution < 1.29 is 9.21 Å². The second kappa shape index (κ2) is 7.06. The van der Waals surface area contributed by atoms with Crippen molar-refractivity contribution >= 4 is 49.1 Å². The molecule has 0 saturated heterocycles. The summed E-state index contributed by atoms with van der Waals surface area (Å²) in [6.45, 7) is 3.89. The zero-order chi connectivity index (χ0) is 18.1. The van der Waals surface area contributed by atoms with E-state index in [1.54, 1.807) is 24.3 Å². The molecule has 3 N–H and O–H groups in total. The van der Waals surface area contributed by atoms with Crippen LogP contribution in [0.25, 0.3) is 11.3 Å². The number of carbonyl (C=O) groups is 1. The highest BCUT2D eigenvalue weighted by atomic mass is 79.9. The first kappa shape index (κ1) is 17.8. The van der Waals surface area contributed by atoms with Crippen LogP contribution >= 0.6 is 31.9 Å². The number of benzene rings is 2. The van der Waals surface area contributed by atoms with Crippen molar-refractivity contribution in [2.75, 3.05) is 11.1 Å². The first-order valence-corrected chi connectivity index (χ1v) is 9.17. The van der Waals surface area contributed by atoms with Gasteiger partial charge in [-0.2, -0.15) is 0 Å². The molecule has 0 aliphatic heterocycles. The van der Waals surface area contributed by atoms with Crippen LogP contribution in [-0.2, 0) is 0 Å². The first-order valence-electron chi connectivity index (χ1n) is 7.58. The number of aryl methyl sites for hydroxylation is 2. The number of anilines is 2. The zero-order valence-electron chi connectivity index (χ0n) is 13.7. The number of amides is 1. The molecule has 0 spiro atoms. The number of nitrogens with two attached hydrogens (primary N) is 1. The third-order valence-electron chi connectivity index (χ3n) is 3.82. The van der Waals surface area contributed by atoms with Crippen molar-refractivity contribution in [3.8, 4) is 11.3 Å². The molecule has 2 aromatic carbocycles. The maximum atomic E-state index is 12.5. The van der Waals surface area contributed by atoms with Gasteiger partial charge in [-0.3, -0.25) is 4.79 Å². The molecular formula is C19H16Br2N2O2. The van der Waals surface area contributed by atoms with Crippen LogP contribution in [0.3, 0.4) is 0 Å². The van der Waals surface area contributed by atoms with Gasteiger partial charge in [-0.1, -0.05) is 22.0 Å². The molecule has 128 valence electrons. The van der Waals surface area contributed by atoms with Gasteiger partial charge in [0.05, 0.1) is 5.69 Å². The molecule has 0 saturated carbocycles. The number of hydrogen-bond donors (Lipinski definition) is 2. The summed E-state index contributed by atoms with van der Waals surface area (Å²) in [5.41, 5.74) is 10.00. The summed E-state index contributed by atoms with van der Waals surface area (Å²) in [4.78, 5) is 12.5. The summed E-state index contributed by atoms with van der Waals surface area (Å²) in [6.07, 6.45) is 0. The lowest BCUT2D eigenvalue weighted by Gasteiger charge is -2.10. The van der Waals surface area contributed by atoms with E-state index in [0.29, 0.717) is 17.1 Å². The van der Waals surface area contributed by atoms with Crippen molar-refractivity contribution in [3.05, 3.63) is 68.3 Å². The minimum atomic E-state index is -0.311. The lowest BCUT2D eigenvalue weighted by atomic mass is 10.1. The number of hydrogen-bond acceptors (Lipinski definition) is 3. The molecule has 0 aliphatic rings. The van der Waals surface area contributed by atoms with Gasteiger partial charge in [0.25, 0.3) is 5.91 Å². The fourth-order valence-electron chi connectivity index (χ4n) is 2.52. The number of carbonyl (C=O) groups excluding carboxylic acids is 1. The molecule has 25 heavy (non-hydrogen) atoms. The first-order chi connectivity index (χ1) is 11.8. The number of furan rings is 1. The molecule has 3 rings (SSSR count). The highest BCUT2D eigenvalue weighted by molar-refractivity contribution is 9.11. The second-order valence-corrected chi connectivity index (χ2v) is 7.49. The fraction of sp³-hybridized carbons (Fsp3) is 0.105. The van der Waals surface area contributed by atoms with Crippen molar-refractivity contribution in [1.29, 1.82) is 0 Å². The van der Waals surface area contributed by atoms with Crippen LogP contribution in [0.4, 0.5) is 11.4 Å². The zero-order valence-corrected chi connectivity index (χ0v) is 16.9. The van der Waals surface area contributed by atoms with E-state index < -0.39 is 0 Å². The molecule has 6 heteroatoms. The predicted octanol–water partition coefficient (Wildman–Crippen LogP) is 5.92. The topological polar surface area (TPSA) is 68.3 Å². The summed E-state index contributed by atoms with van der Waals surface area (Å²) in [7, 11) is 0. The Balaban J connectivity index is 1.85. The Kier molecular flexibility index (Phi) is 5.01. The highest BCUT2D eigenvalue weighted by Crippen LogP contribution is 2.30. The molecule has 3 aromatic rings. The average molecular weight is 464 g/mol. The summed E-state index contributed by atoms with van der Waals surface area (Å²) >= 11 is 6.90. The van der Waals surface area contributed by atoms with Crippen molar-refractivity contribution in [2.45, 2.75) is 13.8 Å². The van der Waals surface area contributed by atoms with E-state index in [0.717, 1.165) is 25.6 Å². The molecule has 0 unspecified atom stereocenters. The summed E-state index contributed by atoms with van der Waals surface area (Å²) in [5, 5.41) is 2.86. The average Bonchev–Trinajstić information content (AvgIpc) is 3.03. The van der Waals surface area contributed by atoms with Crippen LogP contribution in [0.15, 0.2) is 55.8 Å². The minimum Gasteiger partial charge on any atom is -0.451 e. The third kappa shape index (κ3) is 3.80. The summed E-state index contributed by atoms with van der Waals surface area (Å²) < 4.78 is 7.50. The summed E-state index contributed by atoms with van der Waals surface area (Å²) in [6, 6.07) is 12.9. The number of nitrogens with one attached hydrogen (secondary N) is 1. The Morgan fingerprint density at radius 2 is 1.76 bits per heavy atom. The van der Waals surface area contributed by atoms with Crippen LogP contribution in [0, 0.1) is 13.8 Å². The van der Waals surface area contributed by atoms with Crippen LogP contribution < -0.4 is 11.1 Å². The molecule has 0 bridgehead atoms. The van der Waals surface area contributed by atoms with Crippen molar-refractivity contribution in [2.24, 2.45) is 0 Å². The molecule has 0 aliphatic carbocycles. The standard InChI is InChI=1S/C19H16Br2N2O2/c1-10-7-12(3-4-14(10)20)16-5-6-17(25-16)19(24)23-18-11(2)8-13(22)9-15(18)21/h3-9H,22H2,1-2H3,(H,23,24). The third-order valence-corrected chi connectivity index (χ3v) is 5.34. The van der Waals surface area contributed by atoms with Gasteiger partial charge < -0.3 is 15.5 Å². The Morgan fingerprint density at radius 3 is 2.44 bits per heavy atom. The lowest BCUT2D eigenvalue weighted by molar-refractivity contribution is 0.0997. The molecule has 1 aromatic heterocycles. The van der Waals surface area contributed by atoms with Gasteiger partial charge in [0, 0.05) is 20.2 Å². The van der Waals surface area contributed by atoms with E-state index in [1.165, 1.54) is 0 Å². The maximum absolute atomic E-state index is 12.5. The Hall–Kier alpha value is -2.05. The van der Waals surface area contributed by atoms with E-state index in [9.17, 15) is 4.79 Å². The van der Waals surface area contributed by atoms with Gasteiger partial charge >= 0.3 is 0 Å². The van der Waals surface area contributed by atoms with Gasteiger partial charge in [-0.25, -0.2) is 0 Å². The molecule has 1 heterocycles. The van der Waals surface area contributed by atoms with E-state index in [4.69, 9.17) is 10.2 Å². The van der Waals surface area contributed by atoms with Gasteiger partial charge in [0.2, 0.25) is 0 Å². The van der Waals surface area contributed by atoms with E-state index in [1.807, 2.05) is 32.0 Å². The van der Waals surface area contributed by atoms with E-state index in [2.05, 4.69) is 37.2 Å². The van der Waals surface area contributed by atoms with Crippen LogP contribution in [0.2, 0.25) is 0 Å². The molecule has 0 radical (unpaired) electrons. The van der Waals surface area contributed by atoms with E-state index in [-0.39, 0.29) is 11.7 Å². The Bertz CT molecular complexity index is 941. The van der Waals surface area contributed by atoms with Crippen LogP contribution in [-0.4, -0.2) is 5.91 Å². The predicted molar refractivity (Wildman–Crippen MR) is 108 cm³/mol. The molecule has 0 atom stereocenters. The second-order valence-electron chi connectivity index (χ2n) is 5.78. The SMILES string of the molecule is Cc1cc(-c2ccc(C(=O)Nc3c(C)cc(N)cc3Br)o2)ccc1Br. The Labute approximate surface area is 162 Å². The van der Waals surface area contributed by atoms with Crippen LogP contribution in [0.5, 0.6) is 0 Å². The molecule has 0 fully saturated rings. The monoisotopic (exact) mass is 462 g/mol. The van der Waals surface area contributed by atoms with Gasteiger partial charge in [0.1, 0.15) is 5.76 Å². The number of rotatable bonds is 3. The van der Waals surface area contributed by atoms with Gasteiger partial charge in [-0.15, -0.1) is 0 Å². The summed E-state index contributed by atoms with van der Waals surface area (Å²) in [5.74, 6) is 0.584.